The average Bonchev–Trinajstić information content (AvgIpc) is 2.65. The number of halogens is 1. The third-order valence-electron chi connectivity index (χ3n) is 3.96. The summed E-state index contributed by atoms with van der Waals surface area (Å²) in [5.74, 6) is 0. The summed E-state index contributed by atoms with van der Waals surface area (Å²) >= 11 is 0. The Morgan fingerprint density at radius 2 is 1.96 bits per heavy atom. The number of aromatic amines is 1. The number of nitrogens with one attached hydrogen (secondary N) is 1. The van der Waals surface area contributed by atoms with Crippen molar-refractivity contribution in [2.24, 2.45) is 0 Å². The van der Waals surface area contributed by atoms with Gasteiger partial charge >= 0.3 is 5.69 Å². The molecule has 0 fully saturated rings. The topological polar surface area (TPSA) is 114 Å². The number of aliphatic hydroxyl groups is 2. The summed E-state index contributed by atoms with van der Waals surface area (Å²) in [6.07, 6.45) is -2.06. The van der Waals surface area contributed by atoms with Gasteiger partial charge in [-0.3, -0.25) is 14.3 Å². The van der Waals surface area contributed by atoms with Crippen molar-refractivity contribution in [3.05, 3.63) is 69.0 Å². The minimum atomic E-state index is -2.63. The number of aromatic nitrogens is 2. The molecule has 0 aliphatic carbocycles. The molecule has 142 valence electrons. The SMILES string of the molecule is COC(COCc1ccccc1)C(O)[C@](O)(CF)n1ccc(=O)[nH]c1=O. The lowest BCUT2D eigenvalue weighted by atomic mass is 10.0. The molecule has 0 aliphatic rings. The fraction of sp³-hybridized carbons (Fsp3) is 0.412. The molecular weight excluding hydrogens is 347 g/mol. The predicted molar refractivity (Wildman–Crippen MR) is 90.4 cm³/mol. The van der Waals surface area contributed by atoms with Gasteiger partial charge in [0, 0.05) is 19.4 Å². The molecule has 8 nitrogen and oxygen atoms in total. The molecule has 2 unspecified atom stereocenters. The molecule has 0 bridgehead atoms. The summed E-state index contributed by atoms with van der Waals surface area (Å²) in [7, 11) is 1.26. The molecule has 2 aromatic rings. The number of benzene rings is 1. The van der Waals surface area contributed by atoms with E-state index in [-0.39, 0.29) is 13.2 Å². The molecule has 1 heterocycles. The summed E-state index contributed by atoms with van der Waals surface area (Å²) in [4.78, 5) is 24.9. The van der Waals surface area contributed by atoms with Crippen LogP contribution in [0.2, 0.25) is 0 Å². The van der Waals surface area contributed by atoms with Gasteiger partial charge in [0.05, 0.1) is 13.2 Å². The molecule has 0 spiro atoms. The smallest absolute Gasteiger partial charge is 0.330 e. The van der Waals surface area contributed by atoms with Crippen LogP contribution in [-0.4, -0.2) is 52.4 Å². The van der Waals surface area contributed by atoms with Crippen LogP contribution in [0.1, 0.15) is 5.56 Å². The quantitative estimate of drug-likeness (QED) is 0.562. The van der Waals surface area contributed by atoms with Crippen molar-refractivity contribution in [2.45, 2.75) is 24.5 Å². The molecule has 0 aliphatic heterocycles. The molecule has 9 heteroatoms. The standard InChI is InChI=1S/C17H21FN2O6/c1-25-13(10-26-9-12-5-3-2-4-6-12)15(22)17(24,11-18)20-8-7-14(21)19-16(20)23/h2-8,13,15,22,24H,9-11H2,1H3,(H,19,21,23)/t13?,15?,17-/m1/s1. The Morgan fingerprint density at radius 1 is 1.27 bits per heavy atom. The van der Waals surface area contributed by atoms with E-state index >= 15 is 0 Å². The monoisotopic (exact) mass is 368 g/mol. The Balaban J connectivity index is 2.14. The number of rotatable bonds is 9. The molecular formula is C17H21FN2O6. The number of hydrogen-bond acceptors (Lipinski definition) is 6. The van der Waals surface area contributed by atoms with Crippen LogP contribution in [-0.2, 0) is 21.8 Å². The first kappa shape index (κ1) is 20.0. The number of nitrogens with zero attached hydrogens (tertiary/aromatic N) is 1. The van der Waals surface area contributed by atoms with Crippen LogP contribution in [0.25, 0.3) is 0 Å². The number of alkyl halides is 1. The molecule has 0 saturated heterocycles. The number of methoxy groups -OCH3 is 1. The van der Waals surface area contributed by atoms with E-state index in [1.165, 1.54) is 7.11 Å². The van der Waals surface area contributed by atoms with Gasteiger partial charge in [-0.15, -0.1) is 0 Å². The lowest BCUT2D eigenvalue weighted by molar-refractivity contribution is -0.199. The first-order chi connectivity index (χ1) is 12.4. The van der Waals surface area contributed by atoms with Crippen molar-refractivity contribution in [1.82, 2.24) is 9.55 Å². The van der Waals surface area contributed by atoms with Gasteiger partial charge in [-0.2, -0.15) is 0 Å². The average molecular weight is 368 g/mol. The second kappa shape index (κ2) is 8.86. The van der Waals surface area contributed by atoms with Crippen LogP contribution in [0.3, 0.4) is 0 Å². The van der Waals surface area contributed by atoms with Gasteiger partial charge in [0.25, 0.3) is 5.56 Å². The first-order valence-corrected chi connectivity index (χ1v) is 7.85. The fourth-order valence-electron chi connectivity index (χ4n) is 2.46. The van der Waals surface area contributed by atoms with Crippen molar-refractivity contribution in [3.63, 3.8) is 0 Å². The number of ether oxygens (including phenoxy) is 2. The minimum absolute atomic E-state index is 0.160. The maximum Gasteiger partial charge on any atom is 0.330 e. The third kappa shape index (κ3) is 4.44. The van der Waals surface area contributed by atoms with Crippen LogP contribution in [0.5, 0.6) is 0 Å². The van der Waals surface area contributed by atoms with Gasteiger partial charge in [0.15, 0.2) is 0 Å². The zero-order chi connectivity index (χ0) is 19.2. The number of aliphatic hydroxyl groups excluding tert-OH is 1. The molecule has 3 N–H and O–H groups in total. The minimum Gasteiger partial charge on any atom is -0.385 e. The van der Waals surface area contributed by atoms with E-state index in [0.717, 1.165) is 17.8 Å². The van der Waals surface area contributed by atoms with Crippen LogP contribution in [0, 0.1) is 0 Å². The van der Waals surface area contributed by atoms with Gasteiger partial charge in [0.1, 0.15) is 18.9 Å². The largest absolute Gasteiger partial charge is 0.385 e. The highest BCUT2D eigenvalue weighted by atomic mass is 19.1. The van der Waals surface area contributed by atoms with E-state index in [9.17, 15) is 24.2 Å². The van der Waals surface area contributed by atoms with Crippen LogP contribution in [0.4, 0.5) is 4.39 Å². The van der Waals surface area contributed by atoms with E-state index in [1.54, 1.807) is 0 Å². The van der Waals surface area contributed by atoms with Gasteiger partial charge in [-0.05, 0) is 5.56 Å². The third-order valence-corrected chi connectivity index (χ3v) is 3.96. The van der Waals surface area contributed by atoms with E-state index in [0.29, 0.717) is 4.57 Å². The Kier molecular flexibility index (Phi) is 6.81. The van der Waals surface area contributed by atoms with Gasteiger partial charge < -0.3 is 19.7 Å². The second-order valence-electron chi connectivity index (χ2n) is 5.71. The highest BCUT2D eigenvalue weighted by molar-refractivity contribution is 5.13. The molecule has 1 aromatic heterocycles. The molecule has 1 aromatic carbocycles. The van der Waals surface area contributed by atoms with Gasteiger partial charge in [-0.1, -0.05) is 30.3 Å². The summed E-state index contributed by atoms with van der Waals surface area (Å²) in [6, 6.07) is 10.2. The Bertz CT molecular complexity index is 809. The predicted octanol–water partition coefficient (Wildman–Crippen LogP) is -0.256. The van der Waals surface area contributed by atoms with Gasteiger partial charge in [-0.25, -0.2) is 9.18 Å². The Hall–Kier alpha value is -2.33. The lowest BCUT2D eigenvalue weighted by Gasteiger charge is -2.35. The van der Waals surface area contributed by atoms with Gasteiger partial charge in [0.2, 0.25) is 5.72 Å². The van der Waals surface area contributed by atoms with E-state index in [1.807, 2.05) is 35.3 Å². The maximum absolute atomic E-state index is 13.6. The van der Waals surface area contributed by atoms with E-state index in [4.69, 9.17) is 9.47 Å². The summed E-state index contributed by atoms with van der Waals surface area (Å²) in [5, 5.41) is 21.0. The first-order valence-electron chi connectivity index (χ1n) is 7.85. The molecule has 0 saturated carbocycles. The summed E-state index contributed by atoms with van der Waals surface area (Å²) < 4.78 is 24.6. The zero-order valence-corrected chi connectivity index (χ0v) is 14.2. The normalized spacial score (nSPS) is 16.0. The molecule has 3 atom stereocenters. The summed E-state index contributed by atoms with van der Waals surface area (Å²) in [5.41, 5.74) is -3.51. The molecule has 2 rings (SSSR count). The van der Waals surface area contributed by atoms with Crippen molar-refractivity contribution in [2.75, 3.05) is 20.4 Å². The van der Waals surface area contributed by atoms with Crippen LogP contribution < -0.4 is 11.2 Å². The number of H-pyrrole nitrogens is 1. The van der Waals surface area contributed by atoms with Crippen molar-refractivity contribution >= 4 is 0 Å². The zero-order valence-electron chi connectivity index (χ0n) is 14.2. The van der Waals surface area contributed by atoms with E-state index in [2.05, 4.69) is 0 Å². The van der Waals surface area contributed by atoms with Crippen molar-refractivity contribution in [3.8, 4) is 0 Å². The molecule has 26 heavy (non-hydrogen) atoms. The van der Waals surface area contributed by atoms with Crippen molar-refractivity contribution < 1.29 is 24.1 Å². The van der Waals surface area contributed by atoms with Crippen LogP contribution in [0.15, 0.2) is 52.2 Å². The molecule has 0 amide bonds. The molecule has 0 radical (unpaired) electrons. The Labute approximate surface area is 148 Å². The lowest BCUT2D eigenvalue weighted by Crippen LogP contribution is -2.58. The van der Waals surface area contributed by atoms with Crippen LogP contribution >= 0.6 is 0 Å². The number of hydrogen-bond donors (Lipinski definition) is 3. The summed E-state index contributed by atoms with van der Waals surface area (Å²) in [6.45, 7) is -1.42. The highest BCUT2D eigenvalue weighted by Crippen LogP contribution is 2.21. The fourth-order valence-corrected chi connectivity index (χ4v) is 2.46. The van der Waals surface area contributed by atoms with E-state index < -0.39 is 35.9 Å². The highest BCUT2D eigenvalue weighted by Gasteiger charge is 2.44. The Morgan fingerprint density at radius 3 is 2.54 bits per heavy atom. The second-order valence-corrected chi connectivity index (χ2v) is 5.71. The maximum atomic E-state index is 13.6. The van der Waals surface area contributed by atoms with Crippen molar-refractivity contribution in [1.29, 1.82) is 0 Å².